The lowest BCUT2D eigenvalue weighted by Crippen LogP contribution is -2.30. The Morgan fingerprint density at radius 2 is 1.54 bits per heavy atom. The number of halogens is 1. The fraction of sp³-hybridized carbons (Fsp3) is 0.0333. The zero-order valence-electron chi connectivity index (χ0n) is 21.4. The first-order chi connectivity index (χ1) is 19.8. The third kappa shape index (κ3) is 8.35. The van der Waals surface area contributed by atoms with E-state index in [9.17, 15) is 28.9 Å². The normalized spacial score (nSPS) is 10.9. The molecule has 0 saturated carbocycles. The van der Waals surface area contributed by atoms with Crippen LogP contribution in [-0.2, 0) is 9.59 Å². The average molecular weight is 571 g/mol. The van der Waals surface area contributed by atoms with Crippen LogP contribution in [0.3, 0.4) is 0 Å². The summed E-state index contributed by atoms with van der Waals surface area (Å²) in [5, 5.41) is 19.4. The molecule has 0 aromatic heterocycles. The second kappa shape index (κ2) is 13.7. The van der Waals surface area contributed by atoms with Gasteiger partial charge in [-0.1, -0.05) is 36.4 Å². The van der Waals surface area contributed by atoms with Crippen LogP contribution in [-0.4, -0.2) is 28.4 Å². The number of carbonyl (C=O) groups excluding carboxylic acids is 3. The highest BCUT2D eigenvalue weighted by molar-refractivity contribution is 8.00. The van der Waals surface area contributed by atoms with Crippen molar-refractivity contribution in [3.8, 4) is 0 Å². The monoisotopic (exact) mass is 570 g/mol. The van der Waals surface area contributed by atoms with Crippen LogP contribution in [0.1, 0.15) is 15.9 Å². The summed E-state index contributed by atoms with van der Waals surface area (Å²) in [5.41, 5.74) is 0.836. The molecule has 3 amide bonds. The first kappa shape index (κ1) is 28.7. The Morgan fingerprint density at radius 1 is 0.829 bits per heavy atom. The van der Waals surface area contributed by atoms with Gasteiger partial charge in [0.1, 0.15) is 11.5 Å². The Kier molecular flexibility index (Phi) is 9.57. The van der Waals surface area contributed by atoms with Crippen molar-refractivity contribution in [1.82, 2.24) is 5.32 Å². The number of hydrogen-bond donors (Lipinski definition) is 3. The lowest BCUT2D eigenvalue weighted by Gasteiger charge is -2.12. The molecular formula is C30H23FN4O5S. The molecule has 0 bridgehead atoms. The van der Waals surface area contributed by atoms with E-state index in [-0.39, 0.29) is 28.6 Å². The summed E-state index contributed by atoms with van der Waals surface area (Å²) in [6.07, 6.45) is 1.24. The zero-order valence-corrected chi connectivity index (χ0v) is 22.2. The Labute approximate surface area is 238 Å². The van der Waals surface area contributed by atoms with Gasteiger partial charge in [-0.25, -0.2) is 4.39 Å². The first-order valence-electron chi connectivity index (χ1n) is 12.2. The molecule has 3 N–H and O–H groups in total. The minimum absolute atomic E-state index is 0.0603. The van der Waals surface area contributed by atoms with Gasteiger partial charge in [-0.3, -0.25) is 24.5 Å². The molecule has 0 aliphatic heterocycles. The van der Waals surface area contributed by atoms with E-state index in [0.717, 1.165) is 0 Å². The van der Waals surface area contributed by atoms with Gasteiger partial charge in [0.05, 0.1) is 16.2 Å². The maximum absolute atomic E-state index is 13.3. The smallest absolute Gasteiger partial charge is 0.276 e. The van der Waals surface area contributed by atoms with E-state index in [0.29, 0.717) is 21.8 Å². The van der Waals surface area contributed by atoms with Crippen LogP contribution < -0.4 is 16.0 Å². The molecule has 0 aliphatic rings. The van der Waals surface area contributed by atoms with Gasteiger partial charge in [-0.05, 0) is 66.7 Å². The number of nitrogens with zero attached hydrogens (tertiary/aromatic N) is 1. The number of nitrogens with one attached hydrogen (secondary N) is 3. The summed E-state index contributed by atoms with van der Waals surface area (Å²) >= 11 is 1.22. The number of amides is 3. The van der Waals surface area contributed by atoms with Crippen molar-refractivity contribution < 1.29 is 23.7 Å². The molecule has 4 aromatic carbocycles. The molecule has 0 radical (unpaired) electrons. The largest absolute Gasteiger partial charge is 0.325 e. The number of thioether (sulfide) groups is 1. The summed E-state index contributed by atoms with van der Waals surface area (Å²) in [7, 11) is 0. The molecule has 0 atom stereocenters. The third-order valence-corrected chi connectivity index (χ3v) is 6.55. The molecule has 4 rings (SSSR count). The van der Waals surface area contributed by atoms with E-state index in [1.807, 2.05) is 0 Å². The Hall–Kier alpha value is -5.29. The van der Waals surface area contributed by atoms with Gasteiger partial charge < -0.3 is 16.0 Å². The molecule has 0 unspecified atom stereocenters. The van der Waals surface area contributed by atoms with Crippen molar-refractivity contribution in [2.45, 2.75) is 4.90 Å². The lowest BCUT2D eigenvalue weighted by atomic mass is 10.1. The van der Waals surface area contributed by atoms with Gasteiger partial charge in [0.2, 0.25) is 5.91 Å². The van der Waals surface area contributed by atoms with E-state index < -0.39 is 22.6 Å². The van der Waals surface area contributed by atoms with Crippen LogP contribution in [0.15, 0.2) is 114 Å². The Morgan fingerprint density at radius 3 is 2.27 bits per heavy atom. The van der Waals surface area contributed by atoms with Crippen LogP contribution >= 0.6 is 11.8 Å². The molecule has 0 fully saturated rings. The van der Waals surface area contributed by atoms with Crippen LogP contribution in [0.2, 0.25) is 0 Å². The van der Waals surface area contributed by atoms with Crippen LogP contribution in [0.5, 0.6) is 0 Å². The molecular weight excluding hydrogens is 547 g/mol. The van der Waals surface area contributed by atoms with E-state index in [2.05, 4.69) is 16.0 Å². The molecule has 0 spiro atoms. The fourth-order valence-electron chi connectivity index (χ4n) is 3.62. The second-order valence-electron chi connectivity index (χ2n) is 8.52. The first-order valence-corrected chi connectivity index (χ1v) is 13.2. The van der Waals surface area contributed by atoms with Crippen LogP contribution in [0.4, 0.5) is 21.5 Å². The number of carbonyl (C=O) groups is 3. The molecule has 0 heterocycles. The van der Waals surface area contributed by atoms with E-state index in [1.165, 1.54) is 60.3 Å². The van der Waals surface area contributed by atoms with E-state index >= 15 is 0 Å². The van der Waals surface area contributed by atoms with Gasteiger partial charge in [-0.2, -0.15) is 0 Å². The number of anilines is 2. The highest BCUT2D eigenvalue weighted by atomic mass is 32.2. The van der Waals surface area contributed by atoms with Crippen molar-refractivity contribution in [3.05, 3.63) is 136 Å². The molecule has 0 saturated heterocycles. The van der Waals surface area contributed by atoms with Gasteiger partial charge in [0.25, 0.3) is 17.5 Å². The Bertz CT molecular complexity index is 1610. The molecule has 11 heteroatoms. The van der Waals surface area contributed by atoms with Crippen LogP contribution in [0.25, 0.3) is 6.08 Å². The number of nitro groups is 1. The average Bonchev–Trinajstić information content (AvgIpc) is 2.97. The third-order valence-electron chi connectivity index (χ3n) is 5.55. The van der Waals surface area contributed by atoms with Crippen molar-refractivity contribution in [3.63, 3.8) is 0 Å². The van der Waals surface area contributed by atoms with Crippen molar-refractivity contribution in [1.29, 1.82) is 0 Å². The summed E-state index contributed by atoms with van der Waals surface area (Å²) in [5.74, 6) is -1.92. The van der Waals surface area contributed by atoms with Gasteiger partial charge in [0.15, 0.2) is 0 Å². The van der Waals surface area contributed by atoms with Crippen molar-refractivity contribution in [2.75, 3.05) is 16.4 Å². The number of rotatable bonds is 10. The minimum atomic E-state index is -0.705. The topological polar surface area (TPSA) is 130 Å². The quantitative estimate of drug-likeness (QED) is 0.0946. The summed E-state index contributed by atoms with van der Waals surface area (Å²) in [6.45, 7) is 0. The maximum atomic E-state index is 13.3. The second-order valence-corrected chi connectivity index (χ2v) is 9.57. The number of nitro benzene ring substituents is 1. The predicted molar refractivity (Wildman–Crippen MR) is 156 cm³/mol. The van der Waals surface area contributed by atoms with Crippen molar-refractivity contribution >= 4 is 52.6 Å². The highest BCUT2D eigenvalue weighted by Gasteiger charge is 2.18. The number of hydrogen-bond acceptors (Lipinski definition) is 6. The molecule has 0 aliphatic carbocycles. The predicted octanol–water partition coefficient (Wildman–Crippen LogP) is 5.87. The standard InChI is InChI=1S/C30H23FN4O5S/c31-22-13-15-23(16-14-22)32-28(36)19-41-25-11-6-10-24(18-25)33-30(38)26(34-29(37)20-7-2-1-3-8-20)17-21-9-4-5-12-27(21)35(39)40/h1-18H,19H2,(H,32,36)(H,33,38)(H,34,37)/b26-17+. The molecule has 4 aromatic rings. The Balaban J connectivity index is 1.49. The maximum Gasteiger partial charge on any atom is 0.276 e. The molecule has 206 valence electrons. The van der Waals surface area contributed by atoms with E-state index in [4.69, 9.17) is 0 Å². The minimum Gasteiger partial charge on any atom is -0.325 e. The van der Waals surface area contributed by atoms with Crippen LogP contribution in [0, 0.1) is 15.9 Å². The summed E-state index contributed by atoms with van der Waals surface area (Å²) in [6, 6.07) is 26.2. The highest BCUT2D eigenvalue weighted by Crippen LogP contribution is 2.24. The number of benzene rings is 4. The zero-order chi connectivity index (χ0) is 29.2. The molecule has 9 nitrogen and oxygen atoms in total. The summed E-state index contributed by atoms with van der Waals surface area (Å²) < 4.78 is 13.1. The van der Waals surface area contributed by atoms with Crippen molar-refractivity contribution in [2.24, 2.45) is 0 Å². The number of para-hydroxylation sites is 1. The summed E-state index contributed by atoms with van der Waals surface area (Å²) in [4.78, 5) is 50.1. The SMILES string of the molecule is O=C(CSc1cccc(NC(=O)/C(=C\c2ccccc2[N+](=O)[O-])NC(=O)c2ccccc2)c1)Nc1ccc(F)cc1. The van der Waals surface area contributed by atoms with Gasteiger partial charge in [0, 0.05) is 27.9 Å². The fourth-order valence-corrected chi connectivity index (χ4v) is 4.37. The van der Waals surface area contributed by atoms with Gasteiger partial charge >= 0.3 is 0 Å². The van der Waals surface area contributed by atoms with Gasteiger partial charge in [-0.15, -0.1) is 11.8 Å². The van der Waals surface area contributed by atoms with E-state index in [1.54, 1.807) is 60.7 Å². The lowest BCUT2D eigenvalue weighted by molar-refractivity contribution is -0.385. The molecule has 41 heavy (non-hydrogen) atoms.